The molecule has 2 aliphatic rings. The summed E-state index contributed by atoms with van der Waals surface area (Å²) in [5.74, 6) is 0. The first-order valence-corrected chi connectivity index (χ1v) is 7.04. The van der Waals surface area contributed by atoms with Crippen LogP contribution in [0.15, 0.2) is 24.3 Å². The summed E-state index contributed by atoms with van der Waals surface area (Å²) in [5, 5.41) is 2.45. The molecule has 23 heavy (non-hydrogen) atoms. The number of anilines is 1. The predicted molar refractivity (Wildman–Crippen MR) is 73.6 cm³/mol. The number of rotatable bonds is 1. The lowest BCUT2D eigenvalue weighted by atomic mass is 10.2. The van der Waals surface area contributed by atoms with E-state index in [0.29, 0.717) is 19.5 Å². The van der Waals surface area contributed by atoms with Crippen LogP contribution in [0.1, 0.15) is 12.0 Å². The zero-order valence-corrected chi connectivity index (χ0v) is 12.0. The first-order chi connectivity index (χ1) is 10.9. The molecule has 0 spiro atoms. The Morgan fingerprint density at radius 1 is 1.30 bits per heavy atom. The fourth-order valence-corrected chi connectivity index (χ4v) is 2.70. The average Bonchev–Trinajstić information content (AvgIpc) is 2.88. The molecule has 1 N–H and O–H groups in total. The molecule has 3 amide bonds. The smallest absolute Gasteiger partial charge is 0.416 e. The summed E-state index contributed by atoms with van der Waals surface area (Å²) in [4.78, 5) is 26.7. The van der Waals surface area contributed by atoms with Crippen molar-refractivity contribution in [2.45, 2.75) is 18.8 Å². The van der Waals surface area contributed by atoms with Gasteiger partial charge in [0.25, 0.3) is 0 Å². The number of hydrogen-bond donors (Lipinski definition) is 1. The second-order valence-corrected chi connectivity index (χ2v) is 5.31. The van der Waals surface area contributed by atoms with Gasteiger partial charge in [0.15, 0.2) is 0 Å². The standard InChI is InChI=1S/C14H14F3N3O3/c15-14(16,17)9-3-1-4-10(7-9)18-12(21)19-5-2-6-20-11(19)8-23-13(20)22/h1,3-4,7,11H,2,5-6,8H2,(H,18,21)/t11-/m1/s1. The van der Waals surface area contributed by atoms with Gasteiger partial charge < -0.3 is 15.0 Å². The number of ether oxygens (including phenoxy) is 1. The van der Waals surface area contributed by atoms with Gasteiger partial charge in [0, 0.05) is 18.8 Å². The maximum absolute atomic E-state index is 12.7. The van der Waals surface area contributed by atoms with Gasteiger partial charge in [-0.05, 0) is 24.6 Å². The minimum Gasteiger partial charge on any atom is -0.445 e. The highest BCUT2D eigenvalue weighted by Gasteiger charge is 2.41. The van der Waals surface area contributed by atoms with Crippen molar-refractivity contribution in [2.75, 3.05) is 25.0 Å². The van der Waals surface area contributed by atoms with Gasteiger partial charge in [-0.3, -0.25) is 4.90 Å². The number of urea groups is 1. The van der Waals surface area contributed by atoms with Crippen LogP contribution in [-0.4, -0.2) is 47.8 Å². The second-order valence-electron chi connectivity index (χ2n) is 5.31. The van der Waals surface area contributed by atoms with E-state index in [1.165, 1.54) is 21.9 Å². The molecule has 0 saturated carbocycles. The Kier molecular flexibility index (Phi) is 3.78. The van der Waals surface area contributed by atoms with Gasteiger partial charge in [0.1, 0.15) is 12.8 Å². The van der Waals surface area contributed by atoms with Gasteiger partial charge >= 0.3 is 18.3 Å². The van der Waals surface area contributed by atoms with E-state index in [1.807, 2.05) is 0 Å². The Bertz CT molecular complexity index is 635. The van der Waals surface area contributed by atoms with Gasteiger partial charge in [-0.1, -0.05) is 6.07 Å². The van der Waals surface area contributed by atoms with Crippen LogP contribution in [0.2, 0.25) is 0 Å². The van der Waals surface area contributed by atoms with Crippen molar-refractivity contribution in [1.82, 2.24) is 9.80 Å². The SMILES string of the molecule is O=C(Nc1cccc(C(F)(F)F)c1)N1CCCN2C(=O)OC[C@H]12. The summed E-state index contributed by atoms with van der Waals surface area (Å²) in [6.45, 7) is 0.967. The van der Waals surface area contributed by atoms with Crippen LogP contribution in [0.4, 0.5) is 28.4 Å². The van der Waals surface area contributed by atoms with Crippen LogP contribution in [-0.2, 0) is 10.9 Å². The predicted octanol–water partition coefficient (Wildman–Crippen LogP) is 2.72. The Morgan fingerprint density at radius 3 is 2.83 bits per heavy atom. The van der Waals surface area contributed by atoms with E-state index in [1.54, 1.807) is 0 Å². The quantitative estimate of drug-likeness (QED) is 0.862. The van der Waals surface area contributed by atoms with Crippen molar-refractivity contribution in [3.63, 3.8) is 0 Å². The Hall–Kier alpha value is -2.45. The van der Waals surface area contributed by atoms with Gasteiger partial charge in [-0.25, -0.2) is 9.59 Å². The van der Waals surface area contributed by atoms with Crippen LogP contribution in [0.3, 0.4) is 0 Å². The van der Waals surface area contributed by atoms with Gasteiger partial charge in [-0.15, -0.1) is 0 Å². The van der Waals surface area contributed by atoms with Crippen molar-refractivity contribution in [2.24, 2.45) is 0 Å². The second kappa shape index (κ2) is 5.64. The number of amides is 3. The monoisotopic (exact) mass is 329 g/mol. The van der Waals surface area contributed by atoms with Gasteiger partial charge in [0.2, 0.25) is 0 Å². The molecule has 2 heterocycles. The number of hydrogen-bond acceptors (Lipinski definition) is 3. The zero-order valence-electron chi connectivity index (χ0n) is 12.0. The summed E-state index contributed by atoms with van der Waals surface area (Å²) in [6.07, 6.45) is -4.88. The lowest BCUT2D eigenvalue weighted by Gasteiger charge is -2.37. The third kappa shape index (κ3) is 3.03. The van der Waals surface area contributed by atoms with E-state index >= 15 is 0 Å². The minimum absolute atomic E-state index is 0.0483. The molecule has 6 nitrogen and oxygen atoms in total. The number of alkyl halides is 3. The highest BCUT2D eigenvalue weighted by Crippen LogP contribution is 2.31. The van der Waals surface area contributed by atoms with Crippen molar-refractivity contribution in [3.8, 4) is 0 Å². The molecule has 3 rings (SSSR count). The molecule has 0 aromatic heterocycles. The molecule has 2 fully saturated rings. The molecule has 0 bridgehead atoms. The summed E-state index contributed by atoms with van der Waals surface area (Å²) in [5.41, 5.74) is -0.790. The summed E-state index contributed by atoms with van der Waals surface area (Å²) in [6, 6.07) is 3.85. The van der Waals surface area contributed by atoms with Crippen LogP contribution >= 0.6 is 0 Å². The molecule has 2 aliphatic heterocycles. The average molecular weight is 329 g/mol. The van der Waals surface area contributed by atoms with E-state index in [9.17, 15) is 22.8 Å². The molecule has 9 heteroatoms. The Labute approximate surface area is 129 Å². The molecule has 1 aromatic carbocycles. The molecular weight excluding hydrogens is 315 g/mol. The van der Waals surface area contributed by atoms with Crippen LogP contribution < -0.4 is 5.32 Å². The maximum atomic E-state index is 12.7. The highest BCUT2D eigenvalue weighted by molar-refractivity contribution is 5.90. The number of carbonyl (C=O) groups is 2. The van der Waals surface area contributed by atoms with E-state index in [-0.39, 0.29) is 12.3 Å². The molecule has 2 saturated heterocycles. The van der Waals surface area contributed by atoms with Crippen molar-refractivity contribution >= 4 is 17.8 Å². The maximum Gasteiger partial charge on any atom is 0.416 e. The summed E-state index contributed by atoms with van der Waals surface area (Å²) >= 11 is 0. The van der Waals surface area contributed by atoms with Crippen molar-refractivity contribution in [1.29, 1.82) is 0 Å². The Morgan fingerprint density at radius 2 is 2.09 bits per heavy atom. The third-order valence-corrected chi connectivity index (χ3v) is 3.81. The van der Waals surface area contributed by atoms with E-state index in [4.69, 9.17) is 4.74 Å². The van der Waals surface area contributed by atoms with Crippen molar-refractivity contribution in [3.05, 3.63) is 29.8 Å². The normalized spacial score (nSPS) is 21.0. The van der Waals surface area contributed by atoms with Crippen LogP contribution in [0.5, 0.6) is 0 Å². The topological polar surface area (TPSA) is 61.9 Å². The summed E-state index contributed by atoms with van der Waals surface area (Å²) < 4.78 is 43.0. The summed E-state index contributed by atoms with van der Waals surface area (Å²) in [7, 11) is 0. The molecule has 0 radical (unpaired) electrons. The van der Waals surface area contributed by atoms with Gasteiger partial charge in [-0.2, -0.15) is 13.2 Å². The minimum atomic E-state index is -4.48. The third-order valence-electron chi connectivity index (χ3n) is 3.81. The fraction of sp³-hybridized carbons (Fsp3) is 0.429. The number of nitrogens with zero attached hydrogens (tertiary/aromatic N) is 2. The largest absolute Gasteiger partial charge is 0.445 e. The highest BCUT2D eigenvalue weighted by atomic mass is 19.4. The number of fused-ring (bicyclic) bond motifs is 1. The zero-order chi connectivity index (χ0) is 16.6. The number of halogens is 3. The molecule has 0 unspecified atom stereocenters. The first-order valence-electron chi connectivity index (χ1n) is 7.04. The lowest BCUT2D eigenvalue weighted by molar-refractivity contribution is -0.137. The number of carbonyl (C=O) groups excluding carboxylic acids is 2. The first kappa shape index (κ1) is 15.4. The fourth-order valence-electron chi connectivity index (χ4n) is 2.70. The Balaban J connectivity index is 1.73. The molecule has 124 valence electrons. The van der Waals surface area contributed by atoms with Gasteiger partial charge in [0.05, 0.1) is 5.56 Å². The van der Waals surface area contributed by atoms with E-state index in [0.717, 1.165) is 12.1 Å². The molecular formula is C14H14F3N3O3. The van der Waals surface area contributed by atoms with E-state index < -0.39 is 30.0 Å². The van der Waals surface area contributed by atoms with Crippen LogP contribution in [0.25, 0.3) is 0 Å². The van der Waals surface area contributed by atoms with Crippen molar-refractivity contribution < 1.29 is 27.5 Å². The number of benzene rings is 1. The van der Waals surface area contributed by atoms with Crippen LogP contribution in [0, 0.1) is 0 Å². The molecule has 1 atom stereocenters. The number of nitrogens with one attached hydrogen (secondary N) is 1. The molecule has 0 aliphatic carbocycles. The lowest BCUT2D eigenvalue weighted by Crippen LogP contribution is -2.55. The van der Waals surface area contributed by atoms with E-state index in [2.05, 4.69) is 5.32 Å². The molecule has 1 aromatic rings. The number of cyclic esters (lactones) is 1.